The number of rotatable bonds is 2. The summed E-state index contributed by atoms with van der Waals surface area (Å²) in [6.07, 6.45) is 0. The Hall–Kier alpha value is -1.30. The molecule has 0 aromatic carbocycles. The Morgan fingerprint density at radius 1 is 1.38 bits per heavy atom. The quantitative estimate of drug-likeness (QED) is 0.630. The van der Waals surface area contributed by atoms with E-state index in [0.717, 1.165) is 0 Å². The van der Waals surface area contributed by atoms with Crippen LogP contribution in [0.5, 0.6) is 0 Å². The summed E-state index contributed by atoms with van der Waals surface area (Å²) in [5.41, 5.74) is 6.13. The minimum absolute atomic E-state index is 0.122. The van der Waals surface area contributed by atoms with Gasteiger partial charge in [0.05, 0.1) is 7.11 Å². The van der Waals surface area contributed by atoms with Crippen molar-refractivity contribution in [2.24, 2.45) is 21.6 Å². The predicted octanol–water partition coefficient (Wildman–Crippen LogP) is 0.214. The molecular formula is C10H21N5O. The number of methoxy groups -OCH3 is 1. The molecule has 0 aromatic rings. The second kappa shape index (κ2) is 4.69. The van der Waals surface area contributed by atoms with Gasteiger partial charge in [0.15, 0.2) is 5.79 Å². The van der Waals surface area contributed by atoms with E-state index in [4.69, 9.17) is 10.5 Å². The van der Waals surface area contributed by atoms with Crippen LogP contribution >= 0.6 is 0 Å². The Labute approximate surface area is 96.4 Å². The highest BCUT2D eigenvalue weighted by Gasteiger charge is 2.33. The number of nitrogens with one attached hydrogen (secondary N) is 2. The van der Waals surface area contributed by atoms with Crippen LogP contribution in [-0.2, 0) is 4.74 Å². The van der Waals surface area contributed by atoms with Crippen molar-refractivity contribution < 1.29 is 4.74 Å². The van der Waals surface area contributed by atoms with Crippen LogP contribution < -0.4 is 16.4 Å². The molecule has 4 N–H and O–H groups in total. The Morgan fingerprint density at radius 2 is 2.00 bits per heavy atom. The lowest BCUT2D eigenvalue weighted by atomic mass is 10.1. The highest BCUT2D eigenvalue weighted by Crippen LogP contribution is 2.15. The van der Waals surface area contributed by atoms with Crippen LogP contribution in [-0.4, -0.2) is 30.9 Å². The topological polar surface area (TPSA) is 84.0 Å². The van der Waals surface area contributed by atoms with Crippen LogP contribution in [0.15, 0.2) is 9.98 Å². The van der Waals surface area contributed by atoms with E-state index < -0.39 is 5.79 Å². The van der Waals surface area contributed by atoms with Gasteiger partial charge in [-0.3, -0.25) is 5.73 Å². The summed E-state index contributed by atoms with van der Waals surface area (Å²) in [4.78, 5) is 8.52. The van der Waals surface area contributed by atoms with E-state index in [1.807, 2.05) is 27.7 Å². The summed E-state index contributed by atoms with van der Waals surface area (Å²) in [5.74, 6) is -0.247. The van der Waals surface area contributed by atoms with E-state index in [1.54, 1.807) is 7.11 Å². The fraction of sp³-hybridized carbons (Fsp3) is 0.800. The highest BCUT2D eigenvalue weighted by atomic mass is 16.5. The lowest BCUT2D eigenvalue weighted by Gasteiger charge is -2.34. The summed E-state index contributed by atoms with van der Waals surface area (Å²) in [5, 5.41) is 6.08. The van der Waals surface area contributed by atoms with E-state index in [1.165, 1.54) is 0 Å². The largest absolute Gasteiger partial charge is 0.468 e. The number of hydrogen-bond acceptors (Lipinski definition) is 6. The summed E-state index contributed by atoms with van der Waals surface area (Å²) in [6, 6.07) is 0.629. The smallest absolute Gasteiger partial charge is 0.295 e. The first-order valence-corrected chi connectivity index (χ1v) is 5.43. The van der Waals surface area contributed by atoms with E-state index in [-0.39, 0.29) is 12.0 Å². The Kier molecular flexibility index (Phi) is 3.74. The molecule has 92 valence electrons. The minimum atomic E-state index is -0.871. The number of guanidine groups is 1. The summed E-state index contributed by atoms with van der Waals surface area (Å²) >= 11 is 0. The van der Waals surface area contributed by atoms with Crippen LogP contribution in [0.4, 0.5) is 0 Å². The van der Waals surface area contributed by atoms with Crippen molar-refractivity contribution in [3.05, 3.63) is 0 Å². The molecule has 1 heterocycles. The maximum Gasteiger partial charge on any atom is 0.295 e. The normalized spacial score (nSPS) is 25.0. The number of amidine groups is 1. The zero-order valence-corrected chi connectivity index (χ0v) is 10.5. The van der Waals surface area contributed by atoms with Gasteiger partial charge in [0.25, 0.3) is 6.02 Å². The molecule has 0 aliphatic carbocycles. The minimum Gasteiger partial charge on any atom is -0.468 e. The number of hydrogen-bond donors (Lipinski definition) is 3. The first-order valence-electron chi connectivity index (χ1n) is 5.43. The number of ether oxygens (including phenoxy) is 1. The summed E-state index contributed by atoms with van der Waals surface area (Å²) in [6.45, 7) is 8.00. The third-order valence-electron chi connectivity index (χ3n) is 2.30. The van der Waals surface area contributed by atoms with Gasteiger partial charge < -0.3 is 15.4 Å². The highest BCUT2D eigenvalue weighted by molar-refractivity contribution is 5.94. The van der Waals surface area contributed by atoms with Crippen LogP contribution in [0, 0.1) is 5.92 Å². The Morgan fingerprint density at radius 3 is 2.44 bits per heavy atom. The second-order valence-electron chi connectivity index (χ2n) is 4.46. The molecule has 0 saturated heterocycles. The molecule has 1 unspecified atom stereocenters. The van der Waals surface area contributed by atoms with Gasteiger partial charge in [-0.1, -0.05) is 13.8 Å². The van der Waals surface area contributed by atoms with Crippen LogP contribution in [0.3, 0.4) is 0 Å². The molecule has 6 nitrogen and oxygen atoms in total. The molecule has 6 heteroatoms. The maximum absolute atomic E-state index is 6.13. The molecule has 0 spiro atoms. The van der Waals surface area contributed by atoms with E-state index in [0.29, 0.717) is 12.0 Å². The second-order valence-corrected chi connectivity index (χ2v) is 4.46. The third kappa shape index (κ3) is 2.85. The Balaban J connectivity index is 2.94. The van der Waals surface area contributed by atoms with Gasteiger partial charge in [0.2, 0.25) is 5.96 Å². The van der Waals surface area contributed by atoms with Gasteiger partial charge in [0.1, 0.15) is 0 Å². The third-order valence-corrected chi connectivity index (χ3v) is 2.30. The lowest BCUT2D eigenvalue weighted by Crippen LogP contribution is -2.61. The molecule has 16 heavy (non-hydrogen) atoms. The summed E-state index contributed by atoms with van der Waals surface area (Å²) < 4.78 is 5.09. The van der Waals surface area contributed by atoms with Gasteiger partial charge in [-0.2, -0.15) is 4.99 Å². The summed E-state index contributed by atoms with van der Waals surface area (Å²) in [7, 11) is 1.55. The molecule has 0 saturated carbocycles. The molecule has 0 aromatic heterocycles. The predicted molar refractivity (Wildman–Crippen MR) is 65.0 cm³/mol. The van der Waals surface area contributed by atoms with Gasteiger partial charge in [-0.25, -0.2) is 4.99 Å². The van der Waals surface area contributed by atoms with E-state index >= 15 is 0 Å². The standard InChI is InChI=1S/C10H21N5O/c1-6(2)10(11)14-8(12-7(3)4)13-9(15-10)16-5/h6-7H,11H2,1-5H3,(H2,12,13,14,15). The zero-order chi connectivity index (χ0) is 12.3. The van der Waals surface area contributed by atoms with Gasteiger partial charge >= 0.3 is 0 Å². The van der Waals surface area contributed by atoms with E-state index in [9.17, 15) is 0 Å². The maximum atomic E-state index is 6.13. The monoisotopic (exact) mass is 227 g/mol. The van der Waals surface area contributed by atoms with Crippen molar-refractivity contribution >= 4 is 12.0 Å². The zero-order valence-electron chi connectivity index (χ0n) is 10.5. The van der Waals surface area contributed by atoms with Gasteiger partial charge in [-0.15, -0.1) is 0 Å². The molecule has 0 bridgehead atoms. The van der Waals surface area contributed by atoms with Crippen molar-refractivity contribution in [2.45, 2.75) is 39.5 Å². The van der Waals surface area contributed by atoms with Gasteiger partial charge in [0, 0.05) is 12.0 Å². The molecule has 1 aliphatic heterocycles. The van der Waals surface area contributed by atoms with Crippen molar-refractivity contribution in [1.82, 2.24) is 10.6 Å². The average molecular weight is 227 g/mol. The van der Waals surface area contributed by atoms with Crippen LogP contribution in [0.2, 0.25) is 0 Å². The molecule has 0 fully saturated rings. The molecule has 1 atom stereocenters. The van der Waals surface area contributed by atoms with Crippen molar-refractivity contribution in [2.75, 3.05) is 7.11 Å². The number of nitrogens with two attached hydrogens (primary N) is 1. The van der Waals surface area contributed by atoms with Crippen molar-refractivity contribution in [1.29, 1.82) is 0 Å². The fourth-order valence-corrected chi connectivity index (χ4v) is 1.22. The number of nitrogens with zero attached hydrogens (tertiary/aromatic N) is 2. The fourth-order valence-electron chi connectivity index (χ4n) is 1.22. The first-order chi connectivity index (χ1) is 7.37. The van der Waals surface area contributed by atoms with Crippen molar-refractivity contribution in [3.63, 3.8) is 0 Å². The average Bonchev–Trinajstić information content (AvgIpc) is 2.15. The SMILES string of the molecule is COC1=NC(NC(C)C)=NC(N)(C(C)C)N1. The molecular weight excluding hydrogens is 206 g/mol. The van der Waals surface area contributed by atoms with Crippen molar-refractivity contribution in [3.8, 4) is 0 Å². The van der Waals surface area contributed by atoms with E-state index in [2.05, 4.69) is 20.6 Å². The molecule has 0 amide bonds. The molecule has 1 rings (SSSR count). The number of aliphatic imine (C=N–C) groups is 2. The Bertz CT molecular complexity index is 310. The van der Waals surface area contributed by atoms with Crippen LogP contribution in [0.1, 0.15) is 27.7 Å². The van der Waals surface area contributed by atoms with Crippen LogP contribution in [0.25, 0.3) is 0 Å². The molecule has 0 radical (unpaired) electrons. The first kappa shape index (κ1) is 12.8. The van der Waals surface area contributed by atoms with Gasteiger partial charge in [-0.05, 0) is 13.8 Å². The lowest BCUT2D eigenvalue weighted by molar-refractivity contribution is 0.257. The molecule has 1 aliphatic rings.